The van der Waals surface area contributed by atoms with Crippen LogP contribution in [0.15, 0.2) is 42.9 Å². The number of nitrogens with two attached hydrogens (primary N) is 1. The maximum Gasteiger partial charge on any atom is 0.0635 e. The van der Waals surface area contributed by atoms with E-state index >= 15 is 0 Å². The molecule has 0 aliphatic rings. The molecule has 3 nitrogen and oxygen atoms in total. The molecule has 0 fully saturated rings. The van der Waals surface area contributed by atoms with Crippen molar-refractivity contribution >= 4 is 0 Å². The Kier molecular flexibility index (Phi) is 2.60. The third kappa shape index (κ3) is 1.67. The quantitative estimate of drug-likeness (QED) is 0.788. The van der Waals surface area contributed by atoms with Gasteiger partial charge in [-0.25, -0.2) is 0 Å². The number of rotatable bonds is 3. The number of hydrogen-bond acceptors (Lipinski definition) is 2. The van der Waals surface area contributed by atoms with Crippen LogP contribution in [0.25, 0.3) is 5.69 Å². The summed E-state index contributed by atoms with van der Waals surface area (Å²) in [7, 11) is 0. The van der Waals surface area contributed by atoms with E-state index in [9.17, 15) is 0 Å². The van der Waals surface area contributed by atoms with Crippen LogP contribution in [0.2, 0.25) is 0 Å². The van der Waals surface area contributed by atoms with Crippen molar-refractivity contribution in [3.8, 4) is 5.69 Å². The normalized spacial score (nSPS) is 10.4. The van der Waals surface area contributed by atoms with Gasteiger partial charge in [0.15, 0.2) is 0 Å². The molecular weight excluding hydrogens is 174 g/mol. The zero-order valence-electron chi connectivity index (χ0n) is 7.93. The molecule has 72 valence electrons. The fourth-order valence-corrected chi connectivity index (χ4v) is 1.52. The molecule has 0 bridgehead atoms. The second kappa shape index (κ2) is 4.07. The maximum absolute atomic E-state index is 5.54. The van der Waals surface area contributed by atoms with E-state index in [4.69, 9.17) is 5.73 Å². The average molecular weight is 187 g/mol. The Morgan fingerprint density at radius 2 is 2.21 bits per heavy atom. The summed E-state index contributed by atoms with van der Waals surface area (Å²) in [5.74, 6) is 0. The third-order valence-electron chi connectivity index (χ3n) is 2.16. The summed E-state index contributed by atoms with van der Waals surface area (Å²) in [6, 6.07) is 8.08. The minimum atomic E-state index is 0.671. The molecule has 2 aromatic heterocycles. The predicted octanol–water partition coefficient (Wildman–Crippen LogP) is 1.37. The highest BCUT2D eigenvalue weighted by molar-refractivity contribution is 5.32. The minimum absolute atomic E-state index is 0.671. The number of aromatic nitrogens is 2. The van der Waals surface area contributed by atoms with Crippen molar-refractivity contribution in [2.75, 3.05) is 6.54 Å². The van der Waals surface area contributed by atoms with E-state index in [1.54, 1.807) is 6.20 Å². The van der Waals surface area contributed by atoms with Crippen LogP contribution in [-0.2, 0) is 6.42 Å². The van der Waals surface area contributed by atoms with Crippen LogP contribution in [0, 0.1) is 0 Å². The molecule has 0 spiro atoms. The van der Waals surface area contributed by atoms with Crippen LogP contribution in [0.5, 0.6) is 0 Å². The van der Waals surface area contributed by atoms with Crippen molar-refractivity contribution in [1.82, 2.24) is 9.55 Å². The Morgan fingerprint density at radius 1 is 1.29 bits per heavy atom. The van der Waals surface area contributed by atoms with Gasteiger partial charge < -0.3 is 10.3 Å². The summed E-state index contributed by atoms with van der Waals surface area (Å²) < 4.78 is 2.11. The molecule has 0 atom stereocenters. The molecule has 3 heteroatoms. The first kappa shape index (κ1) is 8.97. The van der Waals surface area contributed by atoms with Gasteiger partial charge in [0.05, 0.1) is 11.9 Å². The molecule has 0 aliphatic heterocycles. The lowest BCUT2D eigenvalue weighted by Gasteiger charge is -2.07. The van der Waals surface area contributed by atoms with E-state index in [1.807, 2.05) is 30.6 Å². The summed E-state index contributed by atoms with van der Waals surface area (Å²) in [6.07, 6.45) is 6.54. The fourth-order valence-electron chi connectivity index (χ4n) is 1.52. The first-order chi connectivity index (χ1) is 6.92. The first-order valence-corrected chi connectivity index (χ1v) is 4.68. The molecule has 0 saturated heterocycles. The van der Waals surface area contributed by atoms with Gasteiger partial charge in [0.25, 0.3) is 0 Å². The van der Waals surface area contributed by atoms with Gasteiger partial charge in [-0.05, 0) is 30.8 Å². The van der Waals surface area contributed by atoms with Gasteiger partial charge in [-0.2, -0.15) is 0 Å². The van der Waals surface area contributed by atoms with Gasteiger partial charge in [0.2, 0.25) is 0 Å². The highest BCUT2D eigenvalue weighted by Crippen LogP contribution is 2.11. The van der Waals surface area contributed by atoms with Crippen molar-refractivity contribution in [2.24, 2.45) is 5.73 Å². The van der Waals surface area contributed by atoms with Crippen molar-refractivity contribution in [3.63, 3.8) is 0 Å². The van der Waals surface area contributed by atoms with Crippen LogP contribution < -0.4 is 5.73 Å². The molecule has 0 unspecified atom stereocenters. The number of nitrogens with zero attached hydrogens (tertiary/aromatic N) is 2. The van der Waals surface area contributed by atoms with E-state index in [0.29, 0.717) is 6.54 Å². The summed E-state index contributed by atoms with van der Waals surface area (Å²) in [5.41, 5.74) is 7.84. The van der Waals surface area contributed by atoms with E-state index < -0.39 is 0 Å². The topological polar surface area (TPSA) is 43.8 Å². The van der Waals surface area contributed by atoms with Gasteiger partial charge in [-0.15, -0.1) is 0 Å². The van der Waals surface area contributed by atoms with Crippen LogP contribution in [-0.4, -0.2) is 16.1 Å². The van der Waals surface area contributed by atoms with Crippen molar-refractivity contribution < 1.29 is 0 Å². The summed E-state index contributed by atoms with van der Waals surface area (Å²) in [5, 5.41) is 0. The summed E-state index contributed by atoms with van der Waals surface area (Å²) in [4.78, 5) is 4.09. The third-order valence-corrected chi connectivity index (χ3v) is 2.16. The highest BCUT2D eigenvalue weighted by atomic mass is 15.0. The zero-order chi connectivity index (χ0) is 9.80. The molecule has 0 amide bonds. The largest absolute Gasteiger partial charge is 0.330 e. The summed E-state index contributed by atoms with van der Waals surface area (Å²) >= 11 is 0. The Morgan fingerprint density at radius 3 is 2.93 bits per heavy atom. The van der Waals surface area contributed by atoms with Crippen LogP contribution in [0.3, 0.4) is 0 Å². The van der Waals surface area contributed by atoms with Crippen molar-refractivity contribution in [2.45, 2.75) is 6.42 Å². The monoisotopic (exact) mass is 187 g/mol. The van der Waals surface area contributed by atoms with E-state index in [-0.39, 0.29) is 0 Å². The second-order valence-electron chi connectivity index (χ2n) is 3.12. The van der Waals surface area contributed by atoms with E-state index in [0.717, 1.165) is 12.1 Å². The highest BCUT2D eigenvalue weighted by Gasteiger charge is 2.01. The van der Waals surface area contributed by atoms with Gasteiger partial charge in [-0.1, -0.05) is 0 Å². The van der Waals surface area contributed by atoms with E-state index in [2.05, 4.69) is 15.6 Å². The Labute approximate surface area is 83.2 Å². The molecule has 2 heterocycles. The molecule has 2 rings (SSSR count). The van der Waals surface area contributed by atoms with E-state index in [1.165, 1.54) is 5.69 Å². The van der Waals surface area contributed by atoms with Crippen molar-refractivity contribution in [1.29, 1.82) is 0 Å². The lowest BCUT2D eigenvalue weighted by Crippen LogP contribution is -2.07. The van der Waals surface area contributed by atoms with Crippen molar-refractivity contribution in [3.05, 3.63) is 48.5 Å². The Hall–Kier alpha value is -1.61. The SMILES string of the molecule is NCCc1cccn1-c1cccnc1. The maximum atomic E-state index is 5.54. The number of hydrogen-bond donors (Lipinski definition) is 1. The van der Waals surface area contributed by atoms with Crippen LogP contribution in [0.1, 0.15) is 5.69 Å². The fraction of sp³-hybridized carbons (Fsp3) is 0.182. The molecular formula is C11H13N3. The predicted molar refractivity (Wildman–Crippen MR) is 56.3 cm³/mol. The van der Waals surface area contributed by atoms with Gasteiger partial charge in [0.1, 0.15) is 0 Å². The molecule has 14 heavy (non-hydrogen) atoms. The molecule has 0 saturated carbocycles. The molecule has 2 N–H and O–H groups in total. The average Bonchev–Trinajstić information content (AvgIpc) is 2.68. The van der Waals surface area contributed by atoms with Gasteiger partial charge in [0, 0.05) is 24.5 Å². The first-order valence-electron chi connectivity index (χ1n) is 4.68. The lowest BCUT2D eigenvalue weighted by molar-refractivity contribution is 0.871. The summed E-state index contributed by atoms with van der Waals surface area (Å²) in [6.45, 7) is 0.671. The molecule has 0 aromatic carbocycles. The number of pyridine rings is 1. The second-order valence-corrected chi connectivity index (χ2v) is 3.12. The lowest BCUT2D eigenvalue weighted by atomic mass is 10.3. The smallest absolute Gasteiger partial charge is 0.0635 e. The minimum Gasteiger partial charge on any atom is -0.330 e. The van der Waals surface area contributed by atoms with Gasteiger partial charge in [-0.3, -0.25) is 4.98 Å². The van der Waals surface area contributed by atoms with Gasteiger partial charge >= 0.3 is 0 Å². The van der Waals surface area contributed by atoms with Crippen LogP contribution in [0.4, 0.5) is 0 Å². The molecule has 2 aromatic rings. The Bertz CT molecular complexity index is 392. The molecule has 0 aliphatic carbocycles. The Balaban J connectivity index is 2.37. The van der Waals surface area contributed by atoms with Crippen LogP contribution >= 0.6 is 0 Å². The standard InChI is InChI=1S/C11H13N3/c12-6-5-10-4-2-8-14(10)11-3-1-7-13-9-11/h1-4,7-9H,5-6,12H2. The zero-order valence-corrected chi connectivity index (χ0v) is 7.93. The molecule has 0 radical (unpaired) electrons.